The minimum atomic E-state index is -3.08. The number of piperidine rings is 1. The largest absolute Gasteiger partial charge is 0.469 e. The van der Waals surface area contributed by atoms with E-state index in [2.05, 4.69) is 0 Å². The van der Waals surface area contributed by atoms with Crippen molar-refractivity contribution in [2.75, 3.05) is 13.7 Å². The Balaban J connectivity index is 1.85. The van der Waals surface area contributed by atoms with E-state index in [1.165, 1.54) is 7.11 Å². The Morgan fingerprint density at radius 1 is 1.38 bits per heavy atom. The monoisotopic (exact) mass is 301 g/mol. The molecule has 0 N–H and O–H groups in total. The van der Waals surface area contributed by atoms with Gasteiger partial charge < -0.3 is 9.47 Å². The minimum absolute atomic E-state index is 0.0332. The van der Waals surface area contributed by atoms with Gasteiger partial charge in [-0.25, -0.2) is 13.6 Å². The number of carbonyl (C=O) groups is 2. The fraction of sp³-hybridized carbons (Fsp3) is 0.714. The number of likely N-dealkylation sites (tertiary alicyclic amines) is 1. The third-order valence-corrected chi connectivity index (χ3v) is 5.08. The van der Waals surface area contributed by atoms with Gasteiger partial charge in [-0.3, -0.25) is 9.69 Å². The molecule has 2 saturated carbocycles. The van der Waals surface area contributed by atoms with E-state index in [0.717, 1.165) is 4.90 Å². The molecule has 3 fully saturated rings. The lowest BCUT2D eigenvalue weighted by atomic mass is 9.59. The maximum absolute atomic E-state index is 14.2. The normalized spacial score (nSPS) is 38.5. The Hall–Kier alpha value is -1.66. The van der Waals surface area contributed by atoms with Crippen molar-refractivity contribution < 1.29 is 27.8 Å². The first kappa shape index (κ1) is 14.3. The average molecular weight is 301 g/mol. The summed E-state index contributed by atoms with van der Waals surface area (Å²) in [5, 5.41) is 0. The lowest BCUT2D eigenvalue weighted by Crippen LogP contribution is -2.56. The molecule has 116 valence electrons. The summed E-state index contributed by atoms with van der Waals surface area (Å²) in [7, 11) is 1.19. The number of halogens is 2. The van der Waals surface area contributed by atoms with Crippen LogP contribution in [0.4, 0.5) is 13.6 Å². The molecular weight excluding hydrogens is 284 g/mol. The van der Waals surface area contributed by atoms with Crippen LogP contribution >= 0.6 is 0 Å². The molecule has 0 aromatic carbocycles. The number of rotatable bonds is 3. The number of hydrogen-bond donors (Lipinski definition) is 0. The van der Waals surface area contributed by atoms with Crippen LogP contribution in [-0.2, 0) is 14.3 Å². The second-order valence-electron chi connectivity index (χ2n) is 5.85. The van der Waals surface area contributed by atoms with Crippen molar-refractivity contribution in [1.29, 1.82) is 0 Å². The van der Waals surface area contributed by atoms with Crippen LogP contribution in [-0.4, -0.2) is 48.2 Å². The van der Waals surface area contributed by atoms with Gasteiger partial charge in [0, 0.05) is 6.42 Å². The Labute approximate surface area is 120 Å². The molecule has 3 atom stereocenters. The van der Waals surface area contributed by atoms with Gasteiger partial charge in [0.1, 0.15) is 12.6 Å². The number of methoxy groups -OCH3 is 1. The molecule has 3 aliphatic rings. The van der Waals surface area contributed by atoms with Crippen LogP contribution in [0.2, 0.25) is 0 Å². The van der Waals surface area contributed by atoms with Crippen LogP contribution in [0.5, 0.6) is 0 Å². The van der Waals surface area contributed by atoms with Crippen LogP contribution in [0.3, 0.4) is 0 Å². The first-order valence-electron chi connectivity index (χ1n) is 6.91. The molecule has 0 bridgehead atoms. The summed E-state index contributed by atoms with van der Waals surface area (Å²) in [5.74, 6) is -3.73. The van der Waals surface area contributed by atoms with Crippen LogP contribution in [0.15, 0.2) is 12.2 Å². The van der Waals surface area contributed by atoms with Gasteiger partial charge in [0.25, 0.3) is 5.92 Å². The molecular formula is C14H17F2NO4. The highest BCUT2D eigenvalue weighted by Crippen LogP contribution is 2.78. The van der Waals surface area contributed by atoms with E-state index < -0.39 is 41.4 Å². The molecule has 3 unspecified atom stereocenters. The SMILES string of the molecule is CC=CCOC(=O)N1C2C(F)(F)CC3(C(=O)OC)CCC213. The highest BCUT2D eigenvalue weighted by molar-refractivity contribution is 5.88. The van der Waals surface area contributed by atoms with Gasteiger partial charge >= 0.3 is 12.1 Å². The molecule has 0 radical (unpaired) electrons. The van der Waals surface area contributed by atoms with Gasteiger partial charge in [-0.05, 0) is 19.8 Å². The Morgan fingerprint density at radius 3 is 2.62 bits per heavy atom. The van der Waals surface area contributed by atoms with E-state index >= 15 is 0 Å². The standard InChI is InChI=1S/C14H17F2NO4/c1-3-4-7-21-11(19)17-9-13(17)6-5-12(13,10(18)20-2)8-14(9,15)16/h3-4,9H,5-8H2,1-2H3. The molecule has 5 nitrogen and oxygen atoms in total. The molecule has 3 rings (SSSR count). The van der Waals surface area contributed by atoms with E-state index in [4.69, 9.17) is 9.47 Å². The summed E-state index contributed by atoms with van der Waals surface area (Å²) < 4.78 is 38.0. The first-order valence-corrected chi connectivity index (χ1v) is 6.91. The number of carbonyl (C=O) groups excluding carboxylic acids is 2. The second kappa shape index (κ2) is 4.18. The van der Waals surface area contributed by atoms with Gasteiger partial charge in [-0.15, -0.1) is 0 Å². The number of amides is 1. The van der Waals surface area contributed by atoms with Gasteiger partial charge in [0.15, 0.2) is 0 Å². The zero-order chi connectivity index (χ0) is 15.5. The fourth-order valence-electron chi connectivity index (χ4n) is 4.14. The summed E-state index contributed by atoms with van der Waals surface area (Å²) in [6.07, 6.45) is 2.69. The van der Waals surface area contributed by atoms with Crippen molar-refractivity contribution in [3.8, 4) is 0 Å². The summed E-state index contributed by atoms with van der Waals surface area (Å²) in [4.78, 5) is 25.0. The molecule has 1 amide bonds. The predicted octanol–water partition coefficient (Wildman–Crippen LogP) is 2.11. The molecule has 2 aliphatic carbocycles. The van der Waals surface area contributed by atoms with Crippen LogP contribution in [0.1, 0.15) is 26.2 Å². The van der Waals surface area contributed by atoms with Crippen molar-refractivity contribution in [2.45, 2.75) is 43.7 Å². The molecule has 7 heteroatoms. The number of allylic oxidation sites excluding steroid dienone is 1. The predicted molar refractivity (Wildman–Crippen MR) is 67.8 cm³/mol. The quantitative estimate of drug-likeness (QED) is 0.455. The van der Waals surface area contributed by atoms with E-state index in [-0.39, 0.29) is 6.61 Å². The third-order valence-electron chi connectivity index (χ3n) is 5.08. The zero-order valence-electron chi connectivity index (χ0n) is 11.9. The highest BCUT2D eigenvalue weighted by Gasteiger charge is 2.94. The van der Waals surface area contributed by atoms with Crippen LogP contribution in [0, 0.1) is 5.41 Å². The maximum atomic E-state index is 14.2. The summed E-state index contributed by atoms with van der Waals surface area (Å²) in [5.41, 5.74) is -2.37. The Morgan fingerprint density at radius 2 is 2.10 bits per heavy atom. The van der Waals surface area contributed by atoms with Crippen LogP contribution in [0.25, 0.3) is 0 Å². The molecule has 1 aliphatic heterocycles. The molecule has 21 heavy (non-hydrogen) atoms. The van der Waals surface area contributed by atoms with Gasteiger partial charge in [-0.1, -0.05) is 12.2 Å². The molecule has 0 aromatic heterocycles. The smallest absolute Gasteiger partial charge is 0.411 e. The Bertz CT molecular complexity index is 535. The van der Waals surface area contributed by atoms with Crippen molar-refractivity contribution in [3.63, 3.8) is 0 Å². The zero-order valence-corrected chi connectivity index (χ0v) is 11.9. The third kappa shape index (κ3) is 1.49. The Kier molecular flexibility index (Phi) is 2.84. The molecule has 1 heterocycles. The number of nitrogens with zero attached hydrogens (tertiary/aromatic N) is 1. The van der Waals surface area contributed by atoms with Crippen molar-refractivity contribution >= 4 is 12.1 Å². The molecule has 1 spiro atoms. The topological polar surface area (TPSA) is 55.6 Å². The van der Waals surface area contributed by atoms with Gasteiger partial charge in [0.05, 0.1) is 18.1 Å². The first-order chi connectivity index (χ1) is 9.87. The fourth-order valence-corrected chi connectivity index (χ4v) is 4.14. The van der Waals surface area contributed by atoms with E-state index in [9.17, 15) is 18.4 Å². The number of ether oxygens (including phenoxy) is 2. The number of alkyl halides is 2. The lowest BCUT2D eigenvalue weighted by Gasteiger charge is -2.45. The maximum Gasteiger partial charge on any atom is 0.411 e. The average Bonchev–Trinajstić information content (AvgIpc) is 3.13. The van der Waals surface area contributed by atoms with Gasteiger partial charge in [-0.2, -0.15) is 0 Å². The second-order valence-corrected chi connectivity index (χ2v) is 5.85. The number of esters is 1. The van der Waals surface area contributed by atoms with E-state index in [1.807, 2.05) is 0 Å². The van der Waals surface area contributed by atoms with Crippen molar-refractivity contribution in [2.24, 2.45) is 5.41 Å². The summed E-state index contributed by atoms with van der Waals surface area (Å²) in [6, 6.07) is -1.24. The summed E-state index contributed by atoms with van der Waals surface area (Å²) in [6.45, 7) is 1.80. The van der Waals surface area contributed by atoms with Crippen molar-refractivity contribution in [1.82, 2.24) is 4.90 Å². The molecule has 0 aromatic rings. The summed E-state index contributed by atoms with van der Waals surface area (Å²) >= 11 is 0. The highest BCUT2D eigenvalue weighted by atomic mass is 19.3. The minimum Gasteiger partial charge on any atom is -0.469 e. The van der Waals surface area contributed by atoms with Crippen LogP contribution < -0.4 is 0 Å². The lowest BCUT2D eigenvalue weighted by molar-refractivity contribution is -0.168. The van der Waals surface area contributed by atoms with Gasteiger partial charge in [0.2, 0.25) is 0 Å². The van der Waals surface area contributed by atoms with E-state index in [1.54, 1.807) is 19.1 Å². The van der Waals surface area contributed by atoms with E-state index in [0.29, 0.717) is 12.8 Å². The number of hydrogen-bond acceptors (Lipinski definition) is 4. The van der Waals surface area contributed by atoms with Crippen molar-refractivity contribution in [3.05, 3.63) is 12.2 Å². The molecule has 1 saturated heterocycles.